The third kappa shape index (κ3) is 3.94. The van der Waals surface area contributed by atoms with Gasteiger partial charge in [-0.1, -0.05) is 194 Å². The summed E-state index contributed by atoms with van der Waals surface area (Å²) in [6.45, 7) is 0. The molecule has 3 heteroatoms. The molecular weight excluding hydrogens is 727 g/mol. The van der Waals surface area contributed by atoms with Crippen LogP contribution in [0.15, 0.2) is 200 Å². The lowest BCUT2D eigenvalue weighted by Gasteiger charge is -2.30. The van der Waals surface area contributed by atoms with Crippen molar-refractivity contribution in [2.75, 3.05) is 0 Å². The van der Waals surface area contributed by atoms with E-state index in [4.69, 9.17) is 9.97 Å². The van der Waals surface area contributed by atoms with E-state index in [1.807, 2.05) is 0 Å². The van der Waals surface area contributed by atoms with E-state index in [9.17, 15) is 0 Å². The number of hydrogen-bond acceptors (Lipinski definition) is 2. The summed E-state index contributed by atoms with van der Waals surface area (Å²) in [6, 6.07) is 73.5. The fraction of sp³-hybridized carbons (Fsp3) is 0.0175. The third-order valence-corrected chi connectivity index (χ3v) is 13.6. The Bertz CT molecular complexity index is 3790. The van der Waals surface area contributed by atoms with Gasteiger partial charge in [0.15, 0.2) is 0 Å². The van der Waals surface area contributed by atoms with Crippen molar-refractivity contribution < 1.29 is 0 Å². The molecule has 14 rings (SSSR count). The minimum Gasteiger partial charge on any atom is -0.277 e. The van der Waals surface area contributed by atoms with Crippen LogP contribution in [0.4, 0.5) is 0 Å². The van der Waals surface area contributed by atoms with Gasteiger partial charge in [-0.25, -0.2) is 9.97 Å². The molecule has 10 aromatic carbocycles. The van der Waals surface area contributed by atoms with Crippen LogP contribution < -0.4 is 0 Å². The molecule has 0 aliphatic heterocycles. The van der Waals surface area contributed by atoms with Gasteiger partial charge in [-0.3, -0.25) is 4.57 Å². The van der Waals surface area contributed by atoms with Crippen molar-refractivity contribution in [3.63, 3.8) is 0 Å². The van der Waals surface area contributed by atoms with Crippen LogP contribution in [0.25, 0.3) is 104 Å². The van der Waals surface area contributed by atoms with E-state index in [1.54, 1.807) is 0 Å². The SMILES string of the molecule is c1ccc(-c2nc(-n3c4c5c(ccc4c4ccc6ccccc6c43)C3(c4ccccc4-c4ccccc43)c3ccc4ccccc4c3-5)nc3ccc4ccccc4c23)cc1. The molecule has 1 spiro atoms. The molecule has 12 aromatic rings. The summed E-state index contributed by atoms with van der Waals surface area (Å²) >= 11 is 0. The first-order valence-electron chi connectivity index (χ1n) is 20.8. The monoisotopic (exact) mass is 759 g/mol. The second-order valence-electron chi connectivity index (χ2n) is 16.4. The molecule has 0 radical (unpaired) electrons. The second-order valence-corrected chi connectivity index (χ2v) is 16.4. The summed E-state index contributed by atoms with van der Waals surface area (Å²) in [7, 11) is 0. The quantitative estimate of drug-likeness (QED) is 0.164. The van der Waals surface area contributed by atoms with E-state index in [2.05, 4.69) is 205 Å². The summed E-state index contributed by atoms with van der Waals surface area (Å²) in [5.41, 5.74) is 15.0. The van der Waals surface area contributed by atoms with E-state index >= 15 is 0 Å². The lowest BCUT2D eigenvalue weighted by Crippen LogP contribution is -2.25. The number of rotatable bonds is 2. The highest BCUT2D eigenvalue weighted by Gasteiger charge is 2.53. The van der Waals surface area contributed by atoms with E-state index in [-0.39, 0.29) is 0 Å². The van der Waals surface area contributed by atoms with Gasteiger partial charge in [0.1, 0.15) is 0 Å². The number of hydrogen-bond donors (Lipinski definition) is 0. The van der Waals surface area contributed by atoms with Crippen LogP contribution >= 0.6 is 0 Å². The van der Waals surface area contributed by atoms with Crippen LogP contribution in [-0.4, -0.2) is 14.5 Å². The first-order chi connectivity index (χ1) is 29.8. The fourth-order valence-electron chi connectivity index (χ4n) is 11.2. The summed E-state index contributed by atoms with van der Waals surface area (Å²) in [5, 5.41) is 10.6. The summed E-state index contributed by atoms with van der Waals surface area (Å²) in [5.74, 6) is 0.663. The van der Waals surface area contributed by atoms with Crippen molar-refractivity contribution in [2.24, 2.45) is 0 Å². The van der Waals surface area contributed by atoms with Crippen LogP contribution in [0.1, 0.15) is 22.3 Å². The predicted octanol–water partition coefficient (Wildman–Crippen LogP) is 14.2. The molecule has 2 aliphatic carbocycles. The molecule has 0 saturated heterocycles. The van der Waals surface area contributed by atoms with Crippen LogP contribution in [0.2, 0.25) is 0 Å². The van der Waals surface area contributed by atoms with Crippen LogP contribution in [0.3, 0.4) is 0 Å². The smallest absolute Gasteiger partial charge is 0.235 e. The van der Waals surface area contributed by atoms with Crippen molar-refractivity contribution in [2.45, 2.75) is 5.41 Å². The van der Waals surface area contributed by atoms with Gasteiger partial charge < -0.3 is 0 Å². The summed E-state index contributed by atoms with van der Waals surface area (Å²) in [4.78, 5) is 11.3. The van der Waals surface area contributed by atoms with Crippen molar-refractivity contribution in [3.8, 4) is 39.5 Å². The Morgan fingerprint density at radius 3 is 1.65 bits per heavy atom. The van der Waals surface area contributed by atoms with Crippen LogP contribution in [-0.2, 0) is 5.41 Å². The highest BCUT2D eigenvalue weighted by atomic mass is 15.2. The zero-order valence-electron chi connectivity index (χ0n) is 32.4. The van der Waals surface area contributed by atoms with Gasteiger partial charge in [0.2, 0.25) is 5.95 Å². The van der Waals surface area contributed by atoms with E-state index in [0.29, 0.717) is 5.95 Å². The van der Waals surface area contributed by atoms with Crippen LogP contribution in [0.5, 0.6) is 0 Å². The Labute approximate surface area is 345 Å². The Hall–Kier alpha value is -7.88. The summed E-state index contributed by atoms with van der Waals surface area (Å²) in [6.07, 6.45) is 0. The highest BCUT2D eigenvalue weighted by Crippen LogP contribution is 2.65. The van der Waals surface area contributed by atoms with Crippen molar-refractivity contribution >= 4 is 65.0 Å². The van der Waals surface area contributed by atoms with Crippen LogP contribution in [0, 0.1) is 0 Å². The second kappa shape index (κ2) is 11.6. The van der Waals surface area contributed by atoms with Crippen molar-refractivity contribution in [3.05, 3.63) is 222 Å². The van der Waals surface area contributed by atoms with Crippen molar-refractivity contribution in [1.82, 2.24) is 14.5 Å². The minimum absolute atomic E-state index is 0.516. The lowest BCUT2D eigenvalue weighted by atomic mass is 9.70. The molecule has 0 N–H and O–H groups in total. The van der Waals surface area contributed by atoms with Gasteiger partial charge in [-0.15, -0.1) is 0 Å². The molecule has 0 unspecified atom stereocenters. The molecule has 0 bridgehead atoms. The molecular formula is C57H33N3. The van der Waals surface area contributed by atoms with E-state index in [0.717, 1.165) is 38.6 Å². The molecule has 2 aliphatic rings. The molecule has 0 amide bonds. The Morgan fingerprint density at radius 1 is 0.350 bits per heavy atom. The molecule has 3 nitrogen and oxygen atoms in total. The average Bonchev–Trinajstić information content (AvgIpc) is 3.93. The van der Waals surface area contributed by atoms with Gasteiger partial charge in [0.05, 0.1) is 27.7 Å². The van der Waals surface area contributed by atoms with E-state index in [1.165, 1.54) is 82.2 Å². The maximum Gasteiger partial charge on any atom is 0.235 e. The maximum atomic E-state index is 5.73. The molecule has 2 heterocycles. The third-order valence-electron chi connectivity index (χ3n) is 13.6. The Morgan fingerprint density at radius 2 is 0.883 bits per heavy atom. The normalized spacial score (nSPS) is 13.5. The van der Waals surface area contributed by atoms with Gasteiger partial charge in [-0.05, 0) is 71.9 Å². The average molecular weight is 760 g/mol. The molecule has 276 valence electrons. The molecule has 0 atom stereocenters. The zero-order chi connectivity index (χ0) is 39.1. The lowest BCUT2D eigenvalue weighted by molar-refractivity contribution is 0.795. The molecule has 2 aromatic heterocycles. The molecule has 0 saturated carbocycles. The Kier molecular flexibility index (Phi) is 6.22. The highest BCUT2D eigenvalue weighted by molar-refractivity contribution is 6.24. The van der Waals surface area contributed by atoms with Gasteiger partial charge in [0, 0.05) is 32.7 Å². The first-order valence-corrected chi connectivity index (χ1v) is 20.8. The first kappa shape index (κ1) is 32.1. The van der Waals surface area contributed by atoms with Gasteiger partial charge in [-0.2, -0.15) is 0 Å². The largest absolute Gasteiger partial charge is 0.277 e. The van der Waals surface area contributed by atoms with Gasteiger partial charge in [0.25, 0.3) is 0 Å². The summed E-state index contributed by atoms with van der Waals surface area (Å²) < 4.78 is 2.42. The number of nitrogens with zero attached hydrogens (tertiary/aromatic N) is 3. The topological polar surface area (TPSA) is 30.7 Å². The standard InChI is InChI=1S/C57H33N3/c1-2-17-37(18-3-1)53-51-39-20-8-5-15-35(39)28-33-49(51)58-56(59-53)60-54-40-21-9-6-16-36(40)26-29-43(54)44-30-32-48-52(55(44)60)50-38-19-7-4-14-34(38)27-31-47(50)57(48)45-24-12-10-22-41(45)42-23-11-13-25-46(42)57/h1-33H. The minimum atomic E-state index is -0.516. The number of benzene rings is 10. The van der Waals surface area contributed by atoms with Crippen molar-refractivity contribution in [1.29, 1.82) is 0 Å². The number of aromatic nitrogens is 3. The zero-order valence-corrected chi connectivity index (χ0v) is 32.4. The number of fused-ring (bicyclic) bond motifs is 21. The molecule has 0 fully saturated rings. The van der Waals surface area contributed by atoms with Gasteiger partial charge >= 0.3 is 0 Å². The predicted molar refractivity (Wildman–Crippen MR) is 248 cm³/mol. The Balaban J connectivity index is 1.23. The fourth-order valence-corrected chi connectivity index (χ4v) is 11.2. The maximum absolute atomic E-state index is 5.73. The molecule has 60 heavy (non-hydrogen) atoms. The van der Waals surface area contributed by atoms with E-state index < -0.39 is 5.41 Å².